The van der Waals surface area contributed by atoms with Crippen LogP contribution in [0.1, 0.15) is 24.2 Å². The smallest absolute Gasteiger partial charge is 0.258 e. The van der Waals surface area contributed by atoms with Gasteiger partial charge in [0.05, 0.1) is 28.6 Å². The summed E-state index contributed by atoms with van der Waals surface area (Å²) in [5.41, 5.74) is 1.19. The molecule has 1 fully saturated rings. The zero-order valence-electron chi connectivity index (χ0n) is 17.0. The van der Waals surface area contributed by atoms with Crippen LogP contribution in [0.25, 0.3) is 0 Å². The molecule has 4 rings (SSSR count). The van der Waals surface area contributed by atoms with E-state index in [1.54, 1.807) is 38.1 Å². The van der Waals surface area contributed by atoms with Crippen molar-refractivity contribution < 1.29 is 22.7 Å². The first kappa shape index (κ1) is 21.8. The number of anilines is 2. The number of carbonyl (C=O) groups excluding carboxylic acids is 2. The predicted octanol–water partition coefficient (Wildman–Crippen LogP) is 2.74. The van der Waals surface area contributed by atoms with Gasteiger partial charge < -0.3 is 10.1 Å². The molecule has 0 saturated carbocycles. The average molecular weight is 464 g/mol. The summed E-state index contributed by atoms with van der Waals surface area (Å²) in [5, 5.41) is 2.75. The normalized spacial score (nSPS) is 22.0. The molecule has 2 aliphatic rings. The molecule has 0 spiro atoms. The van der Waals surface area contributed by atoms with Crippen molar-refractivity contribution >= 4 is 44.8 Å². The number of hydrogen-bond donors (Lipinski definition) is 1. The van der Waals surface area contributed by atoms with Gasteiger partial charge in [-0.25, -0.2) is 8.42 Å². The number of ether oxygens (including phenoxy) is 1. The number of carbonyl (C=O) groups is 2. The van der Waals surface area contributed by atoms with E-state index in [2.05, 4.69) is 5.32 Å². The second kappa shape index (κ2) is 8.23. The van der Waals surface area contributed by atoms with Crippen LogP contribution in [0.2, 0.25) is 5.02 Å². The first-order valence-electron chi connectivity index (χ1n) is 9.82. The second-order valence-electron chi connectivity index (χ2n) is 7.68. The molecule has 0 aromatic heterocycles. The third kappa shape index (κ3) is 4.18. The summed E-state index contributed by atoms with van der Waals surface area (Å²) in [4.78, 5) is 26.5. The number of rotatable bonds is 3. The quantitative estimate of drug-likeness (QED) is 0.755. The number of sulfonamides is 1. The van der Waals surface area contributed by atoms with Crippen LogP contribution in [-0.2, 0) is 19.6 Å². The molecule has 1 N–H and O–H groups in total. The molecule has 2 aliphatic heterocycles. The molecular weight excluding hydrogens is 442 g/mol. The fraction of sp³-hybridized carbons (Fsp3) is 0.333. The summed E-state index contributed by atoms with van der Waals surface area (Å²) in [6, 6.07) is 11.1. The van der Waals surface area contributed by atoms with Gasteiger partial charge in [0.15, 0.2) is 0 Å². The fourth-order valence-corrected chi connectivity index (χ4v) is 5.96. The van der Waals surface area contributed by atoms with Gasteiger partial charge in [-0.15, -0.1) is 0 Å². The van der Waals surface area contributed by atoms with E-state index < -0.39 is 15.9 Å². The molecule has 164 valence electrons. The first-order valence-corrected chi connectivity index (χ1v) is 11.6. The number of morpholine rings is 1. The Hall–Kier alpha value is -2.46. The molecule has 2 heterocycles. The summed E-state index contributed by atoms with van der Waals surface area (Å²) in [6.45, 7) is 3.83. The lowest BCUT2D eigenvalue weighted by Crippen LogP contribution is -2.48. The Morgan fingerprint density at radius 3 is 2.52 bits per heavy atom. The van der Waals surface area contributed by atoms with Crippen LogP contribution in [0, 0.1) is 0 Å². The third-order valence-corrected chi connectivity index (χ3v) is 7.51. The van der Waals surface area contributed by atoms with Crippen molar-refractivity contribution in [1.29, 1.82) is 0 Å². The zero-order valence-corrected chi connectivity index (χ0v) is 18.6. The third-order valence-electron chi connectivity index (χ3n) is 5.20. The molecule has 2 aromatic carbocycles. The van der Waals surface area contributed by atoms with Crippen molar-refractivity contribution in [3.8, 4) is 0 Å². The van der Waals surface area contributed by atoms with E-state index in [0.29, 0.717) is 11.4 Å². The number of nitrogens with zero attached hydrogens (tertiary/aromatic N) is 2. The van der Waals surface area contributed by atoms with Crippen molar-refractivity contribution in [2.45, 2.75) is 31.0 Å². The summed E-state index contributed by atoms with van der Waals surface area (Å²) in [7, 11) is -3.95. The predicted molar refractivity (Wildman–Crippen MR) is 117 cm³/mol. The van der Waals surface area contributed by atoms with Crippen molar-refractivity contribution in [1.82, 2.24) is 4.31 Å². The maximum Gasteiger partial charge on any atom is 0.258 e. The first-order chi connectivity index (χ1) is 14.7. The molecule has 2 atom stereocenters. The molecule has 0 bridgehead atoms. The van der Waals surface area contributed by atoms with Gasteiger partial charge in [-0.05, 0) is 44.2 Å². The van der Waals surface area contributed by atoms with Crippen molar-refractivity contribution in [2.24, 2.45) is 0 Å². The standard InChI is InChI=1S/C21H22ClN3O5S/c1-13-10-24(11-14(2)30-13)31(28,29)19-9-15(7-8-16(19)22)21(27)25-12-20(26)23-17-5-3-4-6-18(17)25/h3-9,13-14H,10-12H2,1-2H3,(H,23,26)/t13-,14-/m1/s1. The zero-order chi connectivity index (χ0) is 22.3. The minimum atomic E-state index is -3.95. The van der Waals surface area contributed by atoms with Gasteiger partial charge in [-0.1, -0.05) is 23.7 Å². The van der Waals surface area contributed by atoms with E-state index in [-0.39, 0.29) is 53.2 Å². The number of hydrogen-bond acceptors (Lipinski definition) is 5. The summed E-state index contributed by atoms with van der Waals surface area (Å²) >= 11 is 6.24. The van der Waals surface area contributed by atoms with Crippen molar-refractivity contribution in [3.63, 3.8) is 0 Å². The summed E-state index contributed by atoms with van der Waals surface area (Å²) < 4.78 is 33.5. The topological polar surface area (TPSA) is 96.0 Å². The lowest BCUT2D eigenvalue weighted by Gasteiger charge is -2.34. The highest BCUT2D eigenvalue weighted by atomic mass is 35.5. The van der Waals surface area contributed by atoms with Gasteiger partial charge in [0.25, 0.3) is 5.91 Å². The van der Waals surface area contributed by atoms with Crippen LogP contribution < -0.4 is 10.2 Å². The Morgan fingerprint density at radius 1 is 1.13 bits per heavy atom. The molecule has 1 saturated heterocycles. The molecule has 0 aliphatic carbocycles. The molecule has 2 aromatic rings. The van der Waals surface area contributed by atoms with Crippen LogP contribution in [0.3, 0.4) is 0 Å². The Bertz CT molecular complexity index is 1140. The van der Waals surface area contributed by atoms with E-state index >= 15 is 0 Å². The minimum absolute atomic E-state index is 0.0279. The van der Waals surface area contributed by atoms with E-state index in [0.717, 1.165) is 0 Å². The van der Waals surface area contributed by atoms with Gasteiger partial charge >= 0.3 is 0 Å². The van der Waals surface area contributed by atoms with E-state index in [4.69, 9.17) is 16.3 Å². The fourth-order valence-electron chi connectivity index (χ4n) is 3.87. The summed E-state index contributed by atoms with van der Waals surface area (Å²) in [6.07, 6.45) is -0.518. The molecule has 31 heavy (non-hydrogen) atoms. The highest BCUT2D eigenvalue weighted by Crippen LogP contribution is 2.32. The number of halogens is 1. The Morgan fingerprint density at radius 2 is 1.81 bits per heavy atom. The lowest BCUT2D eigenvalue weighted by molar-refractivity contribution is -0.115. The number of amides is 2. The number of nitrogens with one attached hydrogen (secondary N) is 1. The van der Waals surface area contributed by atoms with Crippen molar-refractivity contribution in [2.75, 3.05) is 29.9 Å². The highest BCUT2D eigenvalue weighted by molar-refractivity contribution is 7.89. The van der Waals surface area contributed by atoms with Gasteiger partial charge in [-0.2, -0.15) is 4.31 Å². The molecular formula is C21H22ClN3O5S. The maximum atomic E-state index is 13.3. The second-order valence-corrected chi connectivity index (χ2v) is 9.99. The number of para-hydroxylation sites is 2. The molecule has 10 heteroatoms. The number of benzene rings is 2. The lowest BCUT2D eigenvalue weighted by atomic mass is 10.1. The van der Waals surface area contributed by atoms with Crippen LogP contribution >= 0.6 is 11.6 Å². The SMILES string of the molecule is C[C@@H]1CN(S(=O)(=O)c2cc(C(=O)N3CC(=O)Nc4ccccc43)ccc2Cl)C[C@@H](C)O1. The van der Waals surface area contributed by atoms with E-state index in [9.17, 15) is 18.0 Å². The van der Waals surface area contributed by atoms with Crippen LogP contribution in [-0.4, -0.2) is 56.4 Å². The van der Waals surface area contributed by atoms with Gasteiger partial charge in [-0.3, -0.25) is 14.5 Å². The largest absolute Gasteiger partial charge is 0.373 e. The average Bonchev–Trinajstić information content (AvgIpc) is 2.72. The monoisotopic (exact) mass is 463 g/mol. The molecule has 8 nitrogen and oxygen atoms in total. The minimum Gasteiger partial charge on any atom is -0.373 e. The van der Waals surface area contributed by atoms with Gasteiger partial charge in [0, 0.05) is 18.7 Å². The van der Waals surface area contributed by atoms with Crippen LogP contribution in [0.4, 0.5) is 11.4 Å². The Kier molecular flexibility index (Phi) is 5.78. The summed E-state index contributed by atoms with van der Waals surface area (Å²) in [5.74, 6) is -0.815. The highest BCUT2D eigenvalue weighted by Gasteiger charge is 2.35. The van der Waals surface area contributed by atoms with Gasteiger partial charge in [0.2, 0.25) is 15.9 Å². The Balaban J connectivity index is 1.70. The van der Waals surface area contributed by atoms with Gasteiger partial charge in [0.1, 0.15) is 11.4 Å². The van der Waals surface area contributed by atoms with Crippen molar-refractivity contribution in [3.05, 3.63) is 53.1 Å². The maximum absolute atomic E-state index is 13.3. The van der Waals surface area contributed by atoms with E-state index in [1.165, 1.54) is 27.4 Å². The van der Waals surface area contributed by atoms with Crippen LogP contribution in [0.15, 0.2) is 47.4 Å². The Labute approximate surface area is 185 Å². The molecule has 0 unspecified atom stereocenters. The number of fused-ring (bicyclic) bond motifs is 1. The van der Waals surface area contributed by atoms with E-state index in [1.807, 2.05) is 0 Å². The molecule has 0 radical (unpaired) electrons. The van der Waals surface area contributed by atoms with Crippen LogP contribution in [0.5, 0.6) is 0 Å². The molecule has 2 amide bonds.